The number of hydrogen-bond acceptors (Lipinski definition) is 5. The predicted molar refractivity (Wildman–Crippen MR) is 51.8 cm³/mol. The van der Waals surface area contributed by atoms with Gasteiger partial charge < -0.3 is 19.5 Å². The van der Waals surface area contributed by atoms with Crippen molar-refractivity contribution in [3.8, 4) is 5.75 Å². The number of esters is 1. The van der Waals surface area contributed by atoms with Gasteiger partial charge in [0.1, 0.15) is 11.3 Å². The first-order valence-corrected chi connectivity index (χ1v) is 4.38. The highest BCUT2D eigenvalue weighted by molar-refractivity contribution is 6.62. The van der Waals surface area contributed by atoms with E-state index in [4.69, 9.17) is 4.65 Å². The second-order valence-corrected chi connectivity index (χ2v) is 3.19. The van der Waals surface area contributed by atoms with Crippen molar-refractivity contribution in [1.29, 1.82) is 0 Å². The smallest absolute Gasteiger partial charge is 0.495 e. The van der Waals surface area contributed by atoms with E-state index in [2.05, 4.69) is 4.74 Å². The quantitative estimate of drug-likeness (QED) is 0.475. The predicted octanol–water partition coefficient (Wildman–Crippen LogP) is -0.604. The van der Waals surface area contributed by atoms with Crippen LogP contribution in [0.25, 0.3) is 0 Å². The summed E-state index contributed by atoms with van der Waals surface area (Å²) in [5.74, 6) is -0.918. The van der Waals surface area contributed by atoms with Gasteiger partial charge in [-0.3, -0.25) is 0 Å². The van der Waals surface area contributed by atoms with E-state index < -0.39 is 13.1 Å². The van der Waals surface area contributed by atoms with Crippen LogP contribution >= 0.6 is 0 Å². The highest BCUT2D eigenvalue weighted by Gasteiger charge is 2.33. The van der Waals surface area contributed by atoms with Crippen LogP contribution in [0.4, 0.5) is 0 Å². The molecule has 1 aliphatic heterocycles. The monoisotopic (exact) mass is 208 g/mol. The molecule has 0 saturated heterocycles. The van der Waals surface area contributed by atoms with Crippen LogP contribution in [-0.2, 0) is 16.0 Å². The molecule has 1 heterocycles. The number of benzene rings is 1. The molecule has 2 rings (SSSR count). The van der Waals surface area contributed by atoms with Crippen molar-refractivity contribution in [2.75, 3.05) is 7.11 Å². The standard InChI is InChI=1S/C9H9BO5/c1-14-9(12)6-3-2-5-4-15-10(13)7(5)8(6)11/h2-3,11,13H,4H2,1H3. The molecule has 1 aliphatic rings. The van der Waals surface area contributed by atoms with Gasteiger partial charge in [-0.2, -0.15) is 0 Å². The fraction of sp³-hybridized carbons (Fsp3) is 0.222. The molecular formula is C9H9BO5. The average molecular weight is 208 g/mol. The maximum Gasteiger partial charge on any atom is 0.495 e. The molecular weight excluding hydrogens is 199 g/mol. The van der Waals surface area contributed by atoms with Gasteiger partial charge in [0, 0.05) is 5.46 Å². The van der Waals surface area contributed by atoms with E-state index >= 15 is 0 Å². The number of phenols is 1. The third-order valence-electron chi connectivity index (χ3n) is 2.36. The molecule has 1 aromatic carbocycles. The summed E-state index contributed by atoms with van der Waals surface area (Å²) >= 11 is 0. The van der Waals surface area contributed by atoms with Crippen molar-refractivity contribution in [2.24, 2.45) is 0 Å². The lowest BCUT2D eigenvalue weighted by atomic mass is 9.78. The van der Waals surface area contributed by atoms with E-state index in [1.165, 1.54) is 13.2 Å². The molecule has 0 radical (unpaired) electrons. The maximum atomic E-state index is 11.2. The van der Waals surface area contributed by atoms with Crippen LogP contribution in [0.3, 0.4) is 0 Å². The highest BCUT2D eigenvalue weighted by Crippen LogP contribution is 2.22. The molecule has 0 unspecified atom stereocenters. The Hall–Kier alpha value is -1.53. The topological polar surface area (TPSA) is 76.0 Å². The van der Waals surface area contributed by atoms with Crippen molar-refractivity contribution in [1.82, 2.24) is 0 Å². The van der Waals surface area contributed by atoms with Crippen molar-refractivity contribution >= 4 is 18.6 Å². The summed E-state index contributed by atoms with van der Waals surface area (Å²) in [5, 5.41) is 19.1. The molecule has 0 fully saturated rings. The third-order valence-corrected chi connectivity index (χ3v) is 2.36. The molecule has 15 heavy (non-hydrogen) atoms. The van der Waals surface area contributed by atoms with E-state index in [0.29, 0.717) is 5.56 Å². The van der Waals surface area contributed by atoms with E-state index in [9.17, 15) is 14.9 Å². The number of ether oxygens (including phenoxy) is 1. The summed E-state index contributed by atoms with van der Waals surface area (Å²) in [6.45, 7) is 0.228. The van der Waals surface area contributed by atoms with Gasteiger partial charge in [0.15, 0.2) is 0 Å². The molecule has 0 bridgehead atoms. The van der Waals surface area contributed by atoms with E-state index in [1.807, 2.05) is 0 Å². The molecule has 0 aliphatic carbocycles. The van der Waals surface area contributed by atoms with Gasteiger partial charge in [0.05, 0.1) is 13.7 Å². The van der Waals surface area contributed by atoms with Crippen LogP contribution < -0.4 is 5.46 Å². The fourth-order valence-electron chi connectivity index (χ4n) is 1.58. The minimum atomic E-state index is -1.18. The van der Waals surface area contributed by atoms with Crippen LogP contribution in [0.5, 0.6) is 5.75 Å². The second-order valence-electron chi connectivity index (χ2n) is 3.19. The van der Waals surface area contributed by atoms with Gasteiger partial charge in [-0.15, -0.1) is 0 Å². The Labute approximate surface area is 86.4 Å². The highest BCUT2D eigenvalue weighted by atomic mass is 16.5. The Morgan fingerprint density at radius 2 is 2.33 bits per heavy atom. The van der Waals surface area contributed by atoms with E-state index in [0.717, 1.165) is 0 Å². The number of hydrogen-bond donors (Lipinski definition) is 2. The van der Waals surface area contributed by atoms with E-state index in [-0.39, 0.29) is 23.4 Å². The van der Waals surface area contributed by atoms with Crippen LogP contribution in [0.1, 0.15) is 15.9 Å². The van der Waals surface area contributed by atoms with Gasteiger partial charge in [0.2, 0.25) is 0 Å². The summed E-state index contributed by atoms with van der Waals surface area (Å²) in [7, 11) is 0.0478. The largest absolute Gasteiger partial charge is 0.507 e. The summed E-state index contributed by atoms with van der Waals surface area (Å²) in [6.07, 6.45) is 0. The van der Waals surface area contributed by atoms with Crippen molar-refractivity contribution < 1.29 is 24.3 Å². The summed E-state index contributed by atoms with van der Waals surface area (Å²) in [6, 6.07) is 3.07. The zero-order valence-corrected chi connectivity index (χ0v) is 8.06. The van der Waals surface area contributed by atoms with Crippen molar-refractivity contribution in [3.63, 3.8) is 0 Å². The number of rotatable bonds is 1. The van der Waals surface area contributed by atoms with Crippen molar-refractivity contribution in [3.05, 3.63) is 23.3 Å². The molecule has 1 aromatic rings. The first-order chi connectivity index (χ1) is 7.15. The Morgan fingerprint density at radius 1 is 1.60 bits per heavy atom. The number of aromatic hydroxyl groups is 1. The molecule has 0 atom stereocenters. The second kappa shape index (κ2) is 3.56. The Morgan fingerprint density at radius 3 is 3.00 bits per heavy atom. The number of phenolic OH excluding ortho intramolecular Hbond substituents is 1. The first kappa shape index (κ1) is 10.0. The zero-order valence-electron chi connectivity index (χ0n) is 8.06. The maximum absolute atomic E-state index is 11.2. The Balaban J connectivity index is 2.53. The van der Waals surface area contributed by atoms with Gasteiger partial charge in [-0.1, -0.05) is 6.07 Å². The lowest BCUT2D eigenvalue weighted by molar-refractivity contribution is 0.0597. The minimum Gasteiger partial charge on any atom is -0.507 e. The normalized spacial score (nSPS) is 13.9. The van der Waals surface area contributed by atoms with Gasteiger partial charge in [-0.05, 0) is 11.6 Å². The molecule has 0 saturated carbocycles. The summed E-state index contributed by atoms with van der Waals surface area (Å²) in [4.78, 5) is 11.2. The molecule has 0 spiro atoms. The fourth-order valence-corrected chi connectivity index (χ4v) is 1.58. The third kappa shape index (κ3) is 1.47. The molecule has 0 amide bonds. The summed E-state index contributed by atoms with van der Waals surface area (Å²) < 4.78 is 9.41. The van der Waals surface area contributed by atoms with E-state index in [1.54, 1.807) is 6.07 Å². The van der Waals surface area contributed by atoms with Crippen LogP contribution in [0.15, 0.2) is 12.1 Å². The molecule has 0 aromatic heterocycles. The average Bonchev–Trinajstić information content (AvgIpc) is 2.61. The van der Waals surface area contributed by atoms with Crippen molar-refractivity contribution in [2.45, 2.75) is 6.61 Å². The minimum absolute atomic E-state index is 0.0285. The number of carbonyl (C=O) groups is 1. The Bertz CT molecular complexity index is 417. The molecule has 5 nitrogen and oxygen atoms in total. The molecule has 2 N–H and O–H groups in total. The lowest BCUT2D eigenvalue weighted by Gasteiger charge is -2.06. The number of methoxy groups -OCH3 is 1. The van der Waals surface area contributed by atoms with Crippen LogP contribution in [0, 0.1) is 0 Å². The number of carbonyl (C=O) groups excluding carboxylic acids is 1. The Kier molecular flexibility index (Phi) is 2.38. The lowest BCUT2D eigenvalue weighted by Crippen LogP contribution is -2.29. The van der Waals surface area contributed by atoms with Gasteiger partial charge in [0.25, 0.3) is 0 Å². The van der Waals surface area contributed by atoms with Crippen LogP contribution in [-0.4, -0.2) is 30.3 Å². The SMILES string of the molecule is COC(=O)c1ccc2c(c1O)B(O)OC2. The molecule has 78 valence electrons. The first-order valence-electron chi connectivity index (χ1n) is 4.38. The zero-order chi connectivity index (χ0) is 11.0. The van der Waals surface area contributed by atoms with Crippen LogP contribution in [0.2, 0.25) is 0 Å². The molecule has 6 heteroatoms. The number of fused-ring (bicyclic) bond motifs is 1. The van der Waals surface area contributed by atoms with Gasteiger partial charge >= 0.3 is 13.1 Å². The van der Waals surface area contributed by atoms with Gasteiger partial charge in [-0.25, -0.2) is 4.79 Å². The summed E-state index contributed by atoms with van der Waals surface area (Å²) in [5.41, 5.74) is 0.950.